The van der Waals surface area contributed by atoms with E-state index in [4.69, 9.17) is 15.5 Å². The Labute approximate surface area is 493 Å². The molecule has 0 spiro atoms. The lowest BCUT2D eigenvalue weighted by Crippen LogP contribution is -2.54. The van der Waals surface area contributed by atoms with Gasteiger partial charge in [-0.2, -0.15) is 5.26 Å². The Kier molecular flexibility index (Phi) is 20.1. The van der Waals surface area contributed by atoms with Gasteiger partial charge >= 0.3 is 12.1 Å². The van der Waals surface area contributed by atoms with Crippen LogP contribution in [0.3, 0.4) is 0 Å². The second-order valence-electron chi connectivity index (χ2n) is 22.9. The SMILES string of the molecule is CSc1cc(CN(C(=O)OCc2ccc(NC(=O)[C@H](CCCNC(N)=O)NC(=O)[C@@H](NC(=O)CCCCCN3C(=O)C=CC3=O)C(C)C)cc2)C2(C)CCC2)cc2c1CN(c1cc(C3(c4nncn4C)CC(C)C3)cc(NCCC#N)n1)C2=O. The largest absolute Gasteiger partial charge is 0.445 e. The molecule has 2 atom stereocenters. The number of urea groups is 1. The fourth-order valence-electron chi connectivity index (χ4n) is 11.5. The average molecular weight is 1170 g/mol. The number of nitrogens with one attached hydrogen (secondary N) is 5. The molecular formula is C60H76N14O9S. The van der Waals surface area contributed by atoms with Crippen LogP contribution in [0.4, 0.5) is 26.9 Å². The minimum absolute atomic E-state index is 0.0736. The lowest BCUT2D eigenvalue weighted by molar-refractivity contribution is -0.137. The van der Waals surface area contributed by atoms with Crippen LogP contribution in [0.25, 0.3) is 0 Å². The summed E-state index contributed by atoms with van der Waals surface area (Å²) in [6.07, 6.45) is 12.2. The van der Waals surface area contributed by atoms with Crippen molar-refractivity contribution in [2.75, 3.05) is 41.4 Å². The molecule has 0 bridgehead atoms. The molecule has 2 aliphatic heterocycles. The summed E-state index contributed by atoms with van der Waals surface area (Å²) in [7, 11) is 1.94. The van der Waals surface area contributed by atoms with Crippen molar-refractivity contribution in [1.82, 2.24) is 45.5 Å². The zero-order valence-electron chi connectivity index (χ0n) is 48.6. The number of nitrogens with two attached hydrogens (primary N) is 1. The number of pyridine rings is 1. The molecule has 4 aliphatic rings. The first-order valence-corrected chi connectivity index (χ1v) is 29.9. The number of aryl methyl sites for hydroxylation is 1. The number of anilines is 3. The molecule has 9 amide bonds. The van der Waals surface area contributed by atoms with Crippen LogP contribution in [-0.2, 0) is 60.9 Å². The fourth-order valence-corrected chi connectivity index (χ4v) is 12.2. The number of unbranched alkanes of at least 4 members (excludes halogenated alkanes) is 2. The first kappa shape index (κ1) is 61.7. The highest BCUT2D eigenvalue weighted by Gasteiger charge is 2.49. The van der Waals surface area contributed by atoms with Crippen LogP contribution in [0.2, 0.25) is 0 Å². The van der Waals surface area contributed by atoms with Crippen molar-refractivity contribution in [2.45, 2.75) is 152 Å². The number of fused-ring (bicyclic) bond motifs is 1. The molecular weight excluding hydrogens is 1090 g/mol. The van der Waals surface area contributed by atoms with Gasteiger partial charge in [0.15, 0.2) is 0 Å². The molecule has 7 N–H and O–H groups in total. The molecule has 2 fully saturated rings. The van der Waals surface area contributed by atoms with Crippen LogP contribution in [-0.4, -0.2) is 121 Å². The van der Waals surface area contributed by atoms with E-state index in [1.807, 2.05) is 49.1 Å². The van der Waals surface area contributed by atoms with Crippen molar-refractivity contribution in [2.24, 2.45) is 24.6 Å². The van der Waals surface area contributed by atoms with E-state index in [2.05, 4.69) is 49.8 Å². The van der Waals surface area contributed by atoms with E-state index in [9.17, 15) is 43.6 Å². The van der Waals surface area contributed by atoms with Crippen molar-refractivity contribution in [3.8, 4) is 6.07 Å². The first-order valence-electron chi connectivity index (χ1n) is 28.7. The van der Waals surface area contributed by atoms with E-state index in [1.54, 1.807) is 54.2 Å². The number of carbonyl (C=O) groups excluding carboxylic acids is 8. The Hall–Kier alpha value is -8.33. The number of aromatic nitrogens is 4. The summed E-state index contributed by atoms with van der Waals surface area (Å²) in [4.78, 5) is 115. The average Bonchev–Trinajstić information content (AvgIpc) is 1.52. The van der Waals surface area contributed by atoms with Crippen molar-refractivity contribution >= 4 is 76.7 Å². The van der Waals surface area contributed by atoms with Crippen LogP contribution in [0, 0.1) is 23.2 Å². The third kappa shape index (κ3) is 14.5. The molecule has 2 aliphatic carbocycles. The van der Waals surface area contributed by atoms with Crippen molar-refractivity contribution in [3.63, 3.8) is 0 Å². The number of hydrogen-bond acceptors (Lipinski definition) is 15. The van der Waals surface area contributed by atoms with Gasteiger partial charge in [0, 0.05) is 73.5 Å². The van der Waals surface area contributed by atoms with Gasteiger partial charge in [0.05, 0.1) is 24.4 Å². The number of primary amides is 1. The molecule has 0 saturated heterocycles. The fraction of sp³-hybridized carbons (Fsp3) is 0.500. The van der Waals surface area contributed by atoms with Gasteiger partial charge in [0.1, 0.15) is 42.5 Å². The molecule has 23 nitrogen and oxygen atoms in total. The third-order valence-electron chi connectivity index (χ3n) is 16.3. The predicted octanol–water partition coefficient (Wildman–Crippen LogP) is 6.71. The first-order chi connectivity index (χ1) is 40.2. The Bertz CT molecular complexity index is 3180. The lowest BCUT2D eigenvalue weighted by atomic mass is 9.58. The van der Waals surface area contributed by atoms with Crippen LogP contribution >= 0.6 is 11.8 Å². The smallest absolute Gasteiger partial charge is 0.410 e. The highest BCUT2D eigenvalue weighted by atomic mass is 32.2. The highest BCUT2D eigenvalue weighted by molar-refractivity contribution is 7.98. The summed E-state index contributed by atoms with van der Waals surface area (Å²) in [6.45, 7) is 9.00. The van der Waals surface area contributed by atoms with Gasteiger partial charge in [0.2, 0.25) is 17.7 Å². The Morgan fingerprint density at radius 1 is 0.940 bits per heavy atom. The minimum Gasteiger partial charge on any atom is -0.445 e. The minimum atomic E-state index is -1.07. The van der Waals surface area contributed by atoms with Gasteiger partial charge in [-0.25, -0.2) is 14.6 Å². The van der Waals surface area contributed by atoms with Gasteiger partial charge in [-0.05, 0) is 141 Å². The van der Waals surface area contributed by atoms with E-state index >= 15 is 0 Å². The number of benzene rings is 2. The van der Waals surface area contributed by atoms with E-state index < -0.39 is 47.0 Å². The maximum atomic E-state index is 14.7. The maximum Gasteiger partial charge on any atom is 0.410 e. The molecule has 4 aromatic rings. The molecule has 0 radical (unpaired) electrons. The van der Waals surface area contributed by atoms with Crippen LogP contribution in [0.5, 0.6) is 0 Å². The van der Waals surface area contributed by atoms with Gasteiger partial charge in [-0.3, -0.25) is 43.5 Å². The molecule has 4 heterocycles. The summed E-state index contributed by atoms with van der Waals surface area (Å²) in [5, 5.41) is 32.3. The molecule has 84 heavy (non-hydrogen) atoms. The monoisotopic (exact) mass is 1170 g/mol. The normalized spacial score (nSPS) is 18.3. The lowest BCUT2D eigenvalue weighted by Gasteiger charge is -2.47. The van der Waals surface area contributed by atoms with Crippen LogP contribution < -0.4 is 37.2 Å². The zero-order valence-corrected chi connectivity index (χ0v) is 49.4. The van der Waals surface area contributed by atoms with Crippen molar-refractivity contribution in [3.05, 3.63) is 101 Å². The number of ether oxygens (including phenoxy) is 1. The summed E-state index contributed by atoms with van der Waals surface area (Å²) in [5.74, 6) is -0.412. The molecule has 2 aromatic heterocycles. The van der Waals surface area contributed by atoms with Gasteiger partial charge in [0.25, 0.3) is 17.7 Å². The molecule has 2 aromatic carbocycles. The number of imide groups is 1. The number of amides is 9. The van der Waals surface area contributed by atoms with E-state index in [0.29, 0.717) is 66.7 Å². The molecule has 446 valence electrons. The number of rotatable bonds is 28. The Morgan fingerprint density at radius 2 is 1.68 bits per heavy atom. The second kappa shape index (κ2) is 27.4. The van der Waals surface area contributed by atoms with Gasteiger partial charge in [-0.1, -0.05) is 39.3 Å². The number of nitriles is 1. The quantitative estimate of drug-likeness (QED) is 0.0196. The number of thioether (sulfide) groups is 1. The number of carbonyl (C=O) groups is 8. The molecule has 0 unspecified atom stereocenters. The van der Waals surface area contributed by atoms with Crippen LogP contribution in [0.1, 0.15) is 143 Å². The van der Waals surface area contributed by atoms with Crippen molar-refractivity contribution < 1.29 is 43.1 Å². The van der Waals surface area contributed by atoms with E-state index in [-0.39, 0.29) is 81.5 Å². The standard InChI is InChI=1S/C60H76N14O9S/c1-37(2)52(69-49(75)14-8-7-9-26-72-50(76)19-20-51(72)77)54(79)67-45(13-10-24-64-57(62)81)53(78)66-42-17-15-39(16-18-42)35-83-58(82)74(59(4)21-11-22-59)33-40-27-43-44(46(28-40)84-6)34-73(55(43)80)48-30-41(29-47(68-48)63-25-12-23-61)60(31-38(3)32-60)56-70-65-36-71(56)5/h15-20,27-30,36-38,45,52H,7-14,21-22,24-26,31-35H2,1-6H3,(H,63,68)(H,66,78)(H,67,79)(H,69,75)(H3,62,64,81)/t38?,45-,52-,60?/m0/s1. The van der Waals surface area contributed by atoms with Gasteiger partial charge in [-0.15, -0.1) is 22.0 Å². The molecule has 8 rings (SSSR count). The van der Waals surface area contributed by atoms with E-state index in [0.717, 1.165) is 64.4 Å². The Morgan fingerprint density at radius 3 is 2.31 bits per heavy atom. The van der Waals surface area contributed by atoms with E-state index in [1.165, 1.54) is 23.9 Å². The van der Waals surface area contributed by atoms with Gasteiger partial charge < -0.3 is 41.6 Å². The number of nitrogens with zero attached hydrogens (tertiary/aromatic N) is 8. The topological polar surface area (TPSA) is 309 Å². The predicted molar refractivity (Wildman–Crippen MR) is 315 cm³/mol. The Balaban J connectivity index is 0.901. The summed E-state index contributed by atoms with van der Waals surface area (Å²) in [5.41, 5.74) is 8.54. The summed E-state index contributed by atoms with van der Waals surface area (Å²) < 4.78 is 7.95. The van der Waals surface area contributed by atoms with Crippen molar-refractivity contribution in [1.29, 1.82) is 5.26 Å². The third-order valence-corrected chi connectivity index (χ3v) is 17.1. The highest BCUT2D eigenvalue weighted by Crippen LogP contribution is 2.52. The molecule has 24 heteroatoms. The maximum absolute atomic E-state index is 14.7. The van der Waals surface area contributed by atoms with Crippen LogP contribution in [0.15, 0.2) is 71.9 Å². The number of hydrogen-bond donors (Lipinski definition) is 6. The zero-order chi connectivity index (χ0) is 60.3. The summed E-state index contributed by atoms with van der Waals surface area (Å²) in [6, 6.07) is 14.1. The molecule has 2 saturated carbocycles. The second-order valence-corrected chi connectivity index (χ2v) is 23.8. The summed E-state index contributed by atoms with van der Waals surface area (Å²) >= 11 is 1.53.